The van der Waals surface area contributed by atoms with E-state index in [1.54, 1.807) is 0 Å². The summed E-state index contributed by atoms with van der Waals surface area (Å²) < 4.78 is 36.8. The Morgan fingerprint density at radius 3 is 2.53 bits per heavy atom. The average Bonchev–Trinajstić information content (AvgIpc) is 2.82. The van der Waals surface area contributed by atoms with Crippen molar-refractivity contribution in [3.8, 4) is 0 Å². The Bertz CT molecular complexity index is 386. The quantitative estimate of drug-likeness (QED) is 0.856. The van der Waals surface area contributed by atoms with Crippen LogP contribution < -0.4 is 11.1 Å². The first kappa shape index (κ1) is 12.6. The highest BCUT2D eigenvalue weighted by Gasteiger charge is 2.42. The Morgan fingerprint density at radius 2 is 2.06 bits per heavy atom. The molecule has 0 bridgehead atoms. The Balaban J connectivity index is 1.90. The van der Waals surface area contributed by atoms with Crippen molar-refractivity contribution in [3.05, 3.63) is 5.01 Å². The molecule has 0 radical (unpaired) electrons. The molecule has 0 spiro atoms. The zero-order chi connectivity index (χ0) is 12.5. The molecule has 8 heteroatoms. The van der Waals surface area contributed by atoms with Gasteiger partial charge >= 0.3 is 6.18 Å². The van der Waals surface area contributed by atoms with Crippen molar-refractivity contribution in [1.82, 2.24) is 10.2 Å². The van der Waals surface area contributed by atoms with E-state index < -0.39 is 11.2 Å². The lowest BCUT2D eigenvalue weighted by atomic mass is 10.0. The number of hydrogen-bond acceptors (Lipinski definition) is 5. The highest BCUT2D eigenvalue weighted by Crippen LogP contribution is 2.48. The second-order valence-corrected chi connectivity index (χ2v) is 5.28. The molecule has 17 heavy (non-hydrogen) atoms. The molecule has 1 aromatic heterocycles. The van der Waals surface area contributed by atoms with Crippen LogP contribution in [0.4, 0.5) is 18.3 Å². The summed E-state index contributed by atoms with van der Waals surface area (Å²) in [5.41, 5.74) is 5.65. The first-order chi connectivity index (χ1) is 7.95. The molecule has 0 aliphatic heterocycles. The van der Waals surface area contributed by atoms with Crippen LogP contribution in [0.15, 0.2) is 0 Å². The monoisotopic (exact) mass is 266 g/mol. The molecule has 1 aromatic rings. The topological polar surface area (TPSA) is 63.8 Å². The second-order valence-electron chi connectivity index (χ2n) is 4.30. The van der Waals surface area contributed by atoms with Gasteiger partial charge in [-0.15, -0.1) is 10.2 Å². The highest BCUT2D eigenvalue weighted by atomic mass is 32.1. The molecule has 2 rings (SSSR count). The third kappa shape index (κ3) is 3.06. The fourth-order valence-corrected chi connectivity index (χ4v) is 2.28. The van der Waals surface area contributed by atoms with Gasteiger partial charge in [0, 0.05) is 6.54 Å². The van der Waals surface area contributed by atoms with Crippen LogP contribution in [0.25, 0.3) is 0 Å². The number of nitrogens with one attached hydrogen (secondary N) is 1. The lowest BCUT2D eigenvalue weighted by Gasteiger charge is -2.13. The van der Waals surface area contributed by atoms with Gasteiger partial charge in [-0.2, -0.15) is 13.2 Å². The Labute approximate surface area is 100 Å². The van der Waals surface area contributed by atoms with Gasteiger partial charge in [0.25, 0.3) is 0 Å². The molecule has 1 heterocycles. The van der Waals surface area contributed by atoms with E-state index in [4.69, 9.17) is 5.73 Å². The van der Waals surface area contributed by atoms with Crippen molar-refractivity contribution in [2.24, 2.45) is 11.1 Å². The third-order valence-corrected chi connectivity index (χ3v) is 3.84. The Kier molecular flexibility index (Phi) is 3.26. The number of hydrogen-bond donors (Lipinski definition) is 2. The van der Waals surface area contributed by atoms with Gasteiger partial charge in [-0.25, -0.2) is 0 Å². The number of nitrogens with zero attached hydrogens (tertiary/aromatic N) is 2. The number of halogens is 3. The fraction of sp³-hybridized carbons (Fsp3) is 0.778. The molecule has 0 atom stereocenters. The van der Waals surface area contributed by atoms with Gasteiger partial charge in [-0.3, -0.25) is 0 Å². The van der Waals surface area contributed by atoms with E-state index in [0.29, 0.717) is 24.4 Å². The zero-order valence-corrected chi connectivity index (χ0v) is 9.87. The number of anilines is 1. The smallest absolute Gasteiger partial charge is 0.360 e. The summed E-state index contributed by atoms with van der Waals surface area (Å²) in [5.74, 6) is 0. The van der Waals surface area contributed by atoms with Crippen LogP contribution in [0.1, 0.15) is 24.3 Å². The summed E-state index contributed by atoms with van der Waals surface area (Å²) >= 11 is 0.537. The molecule has 0 saturated heterocycles. The SMILES string of the molecule is NCCC1(CNc2nnc(C(F)(F)F)s2)CC1. The van der Waals surface area contributed by atoms with Crippen LogP contribution in [0.5, 0.6) is 0 Å². The molecular formula is C9H13F3N4S. The molecule has 4 nitrogen and oxygen atoms in total. The van der Waals surface area contributed by atoms with Crippen LogP contribution in [0.3, 0.4) is 0 Å². The minimum Gasteiger partial charge on any atom is -0.360 e. The zero-order valence-electron chi connectivity index (χ0n) is 9.05. The van der Waals surface area contributed by atoms with Gasteiger partial charge < -0.3 is 11.1 Å². The second kappa shape index (κ2) is 4.41. The number of rotatable bonds is 5. The third-order valence-electron chi connectivity index (χ3n) is 2.91. The summed E-state index contributed by atoms with van der Waals surface area (Å²) in [6, 6.07) is 0. The first-order valence-electron chi connectivity index (χ1n) is 5.30. The van der Waals surface area contributed by atoms with E-state index in [1.165, 1.54) is 0 Å². The molecule has 96 valence electrons. The van der Waals surface area contributed by atoms with E-state index in [2.05, 4.69) is 15.5 Å². The van der Waals surface area contributed by atoms with E-state index in [9.17, 15) is 13.2 Å². The van der Waals surface area contributed by atoms with Gasteiger partial charge in [0.1, 0.15) is 0 Å². The maximum absolute atomic E-state index is 12.3. The summed E-state index contributed by atoms with van der Waals surface area (Å²) in [4.78, 5) is 0. The molecular weight excluding hydrogens is 253 g/mol. The number of nitrogens with two attached hydrogens (primary N) is 1. The number of alkyl halides is 3. The molecule has 0 amide bonds. The first-order valence-corrected chi connectivity index (χ1v) is 6.11. The van der Waals surface area contributed by atoms with Crippen molar-refractivity contribution in [2.75, 3.05) is 18.4 Å². The van der Waals surface area contributed by atoms with Crippen LogP contribution in [0, 0.1) is 5.41 Å². The maximum atomic E-state index is 12.3. The van der Waals surface area contributed by atoms with Crippen molar-refractivity contribution >= 4 is 16.5 Å². The summed E-state index contributed by atoms with van der Waals surface area (Å²) in [7, 11) is 0. The molecule has 3 N–H and O–H groups in total. The van der Waals surface area contributed by atoms with Crippen LogP contribution in [-0.4, -0.2) is 23.3 Å². The van der Waals surface area contributed by atoms with Gasteiger partial charge in [0.2, 0.25) is 10.1 Å². The van der Waals surface area contributed by atoms with E-state index >= 15 is 0 Å². The van der Waals surface area contributed by atoms with Gasteiger partial charge in [0.05, 0.1) is 0 Å². The summed E-state index contributed by atoms with van der Waals surface area (Å²) in [6.45, 7) is 1.22. The maximum Gasteiger partial charge on any atom is 0.445 e. The molecule has 0 aromatic carbocycles. The standard InChI is InChI=1S/C9H13F3N4S/c10-9(11,12)6-15-16-7(17-6)14-5-8(1-2-8)3-4-13/h1-5,13H2,(H,14,16). The molecule has 1 aliphatic rings. The van der Waals surface area contributed by atoms with Gasteiger partial charge in [0.15, 0.2) is 0 Å². The normalized spacial score (nSPS) is 18.1. The predicted octanol–water partition coefficient (Wildman–Crippen LogP) is 2.10. The predicted molar refractivity (Wildman–Crippen MR) is 58.7 cm³/mol. The lowest BCUT2D eigenvalue weighted by molar-refractivity contribution is -0.138. The van der Waals surface area contributed by atoms with Crippen molar-refractivity contribution in [1.29, 1.82) is 0 Å². The molecule has 1 aliphatic carbocycles. The minimum absolute atomic E-state index is 0.165. The molecule has 1 saturated carbocycles. The van der Waals surface area contributed by atoms with Crippen molar-refractivity contribution < 1.29 is 13.2 Å². The molecule has 0 unspecified atom stereocenters. The Hall–Kier alpha value is -0.890. The minimum atomic E-state index is -4.41. The van der Waals surface area contributed by atoms with E-state index in [1.807, 2.05) is 0 Å². The van der Waals surface area contributed by atoms with Gasteiger partial charge in [-0.05, 0) is 31.2 Å². The lowest BCUT2D eigenvalue weighted by Crippen LogP contribution is -2.19. The van der Waals surface area contributed by atoms with Crippen LogP contribution >= 0.6 is 11.3 Å². The average molecular weight is 266 g/mol. The summed E-state index contributed by atoms with van der Waals surface area (Å²) in [6.07, 6.45) is -1.37. The van der Waals surface area contributed by atoms with Crippen molar-refractivity contribution in [2.45, 2.75) is 25.4 Å². The largest absolute Gasteiger partial charge is 0.445 e. The van der Waals surface area contributed by atoms with Crippen LogP contribution in [-0.2, 0) is 6.18 Å². The summed E-state index contributed by atoms with van der Waals surface area (Å²) in [5, 5.41) is 8.81. The fourth-order valence-electron chi connectivity index (χ4n) is 1.67. The van der Waals surface area contributed by atoms with E-state index in [0.717, 1.165) is 19.3 Å². The van der Waals surface area contributed by atoms with Gasteiger partial charge in [-0.1, -0.05) is 11.3 Å². The number of aromatic nitrogens is 2. The molecule has 1 fully saturated rings. The highest BCUT2D eigenvalue weighted by molar-refractivity contribution is 7.15. The van der Waals surface area contributed by atoms with Crippen molar-refractivity contribution in [3.63, 3.8) is 0 Å². The Morgan fingerprint density at radius 1 is 1.35 bits per heavy atom. The van der Waals surface area contributed by atoms with Crippen LogP contribution in [0.2, 0.25) is 0 Å². The van der Waals surface area contributed by atoms with E-state index in [-0.39, 0.29) is 10.5 Å².